The number of rotatable bonds is 5. The van der Waals surface area contributed by atoms with Gasteiger partial charge in [0.15, 0.2) is 0 Å². The van der Waals surface area contributed by atoms with Gasteiger partial charge in [-0.1, -0.05) is 26.0 Å². The van der Waals surface area contributed by atoms with E-state index in [9.17, 15) is 9.90 Å². The highest BCUT2D eigenvalue weighted by Crippen LogP contribution is 2.44. The van der Waals surface area contributed by atoms with Crippen molar-refractivity contribution in [3.8, 4) is 0 Å². The molecular weight excluding hydrogens is 244 g/mol. The van der Waals surface area contributed by atoms with E-state index in [0.717, 1.165) is 24.8 Å². The molecule has 0 aromatic rings. The lowest BCUT2D eigenvalue weighted by Gasteiger charge is -2.39. The number of carbonyl (C=O) groups excluding carboxylic acids is 1. The van der Waals surface area contributed by atoms with Crippen molar-refractivity contribution in [1.29, 1.82) is 0 Å². The number of hydrogen-bond donors (Lipinski definition) is 2. The molecule has 1 aliphatic carbocycles. The third-order valence-corrected chi connectivity index (χ3v) is 3.95. The number of carbonyl (C=O) groups is 1. The lowest BCUT2D eigenvalue weighted by atomic mass is 9.65. The topological polar surface area (TPSA) is 66.8 Å². The Morgan fingerprint density at radius 3 is 2.63 bits per heavy atom. The maximum Gasteiger partial charge on any atom is 0.309 e. The van der Waals surface area contributed by atoms with E-state index < -0.39 is 12.7 Å². The summed E-state index contributed by atoms with van der Waals surface area (Å²) in [5.74, 6) is -0.313. The molecule has 1 rings (SSSR count). The zero-order valence-electron chi connectivity index (χ0n) is 12.2. The second kappa shape index (κ2) is 6.53. The van der Waals surface area contributed by atoms with Gasteiger partial charge in [-0.2, -0.15) is 0 Å². The third kappa shape index (κ3) is 4.62. The second-order valence-corrected chi connectivity index (χ2v) is 6.43. The first-order chi connectivity index (χ1) is 8.76. The Balaban J connectivity index is 2.68. The van der Waals surface area contributed by atoms with E-state index in [-0.39, 0.29) is 29.8 Å². The molecule has 3 atom stereocenters. The Labute approximate surface area is 115 Å². The van der Waals surface area contributed by atoms with Crippen molar-refractivity contribution >= 4 is 5.97 Å². The molecule has 19 heavy (non-hydrogen) atoms. The van der Waals surface area contributed by atoms with Gasteiger partial charge in [-0.3, -0.25) is 4.79 Å². The molecule has 110 valence electrons. The Morgan fingerprint density at radius 1 is 1.47 bits per heavy atom. The van der Waals surface area contributed by atoms with Gasteiger partial charge in [-0.15, -0.1) is 0 Å². The van der Waals surface area contributed by atoms with Crippen molar-refractivity contribution in [3.63, 3.8) is 0 Å². The summed E-state index contributed by atoms with van der Waals surface area (Å²) in [6.07, 6.45) is 1.81. The molecule has 1 saturated carbocycles. The van der Waals surface area contributed by atoms with Crippen LogP contribution in [0.1, 0.15) is 40.0 Å². The molecule has 2 N–H and O–H groups in total. The van der Waals surface area contributed by atoms with E-state index in [4.69, 9.17) is 9.84 Å². The molecule has 4 heteroatoms. The minimum atomic E-state index is -0.996. The quantitative estimate of drug-likeness (QED) is 0.591. The first-order valence-corrected chi connectivity index (χ1v) is 6.88. The van der Waals surface area contributed by atoms with Crippen molar-refractivity contribution in [3.05, 3.63) is 12.2 Å². The first-order valence-electron chi connectivity index (χ1n) is 6.88. The molecule has 1 aliphatic rings. The van der Waals surface area contributed by atoms with E-state index in [0.29, 0.717) is 0 Å². The largest absolute Gasteiger partial charge is 0.463 e. The van der Waals surface area contributed by atoms with E-state index in [2.05, 4.69) is 20.4 Å². The van der Waals surface area contributed by atoms with Crippen molar-refractivity contribution in [2.24, 2.45) is 17.3 Å². The zero-order valence-corrected chi connectivity index (χ0v) is 12.2. The van der Waals surface area contributed by atoms with Crippen LogP contribution in [0.5, 0.6) is 0 Å². The minimum absolute atomic E-state index is 0.130. The van der Waals surface area contributed by atoms with Gasteiger partial charge in [0.2, 0.25) is 0 Å². The highest BCUT2D eigenvalue weighted by atomic mass is 16.5. The van der Waals surface area contributed by atoms with E-state index in [1.54, 1.807) is 0 Å². The number of ether oxygens (including phenoxy) is 1. The standard InChI is InChI=1S/C15H26O4/c1-10(2)12-5-6-15(3,4)7-13(12)14(18)19-9-11(17)8-16/h11-13,16-17H,1,5-9H2,2-4H3. The summed E-state index contributed by atoms with van der Waals surface area (Å²) < 4.78 is 5.12. The lowest BCUT2D eigenvalue weighted by Crippen LogP contribution is -2.37. The summed E-state index contributed by atoms with van der Waals surface area (Å²) in [4.78, 5) is 12.2. The summed E-state index contributed by atoms with van der Waals surface area (Å²) in [5, 5.41) is 18.0. The fourth-order valence-electron chi connectivity index (χ4n) is 2.76. The number of hydrogen-bond acceptors (Lipinski definition) is 4. The summed E-state index contributed by atoms with van der Waals surface area (Å²) in [5.41, 5.74) is 1.14. The zero-order chi connectivity index (χ0) is 14.6. The van der Waals surface area contributed by atoms with Crippen LogP contribution in [0.3, 0.4) is 0 Å². The van der Waals surface area contributed by atoms with Crippen LogP contribution in [-0.4, -0.2) is 35.5 Å². The van der Waals surface area contributed by atoms with Gasteiger partial charge >= 0.3 is 5.97 Å². The summed E-state index contributed by atoms with van der Waals surface area (Å²) in [7, 11) is 0. The molecule has 3 unspecified atom stereocenters. The SMILES string of the molecule is C=C(C)C1CCC(C)(C)CC1C(=O)OCC(O)CO. The van der Waals surface area contributed by atoms with Gasteiger partial charge in [0, 0.05) is 0 Å². The average Bonchev–Trinajstić information content (AvgIpc) is 2.33. The molecule has 0 heterocycles. The van der Waals surface area contributed by atoms with E-state index in [1.165, 1.54) is 0 Å². The normalized spacial score (nSPS) is 27.6. The predicted molar refractivity (Wildman–Crippen MR) is 73.5 cm³/mol. The fourth-order valence-corrected chi connectivity index (χ4v) is 2.76. The Bertz CT molecular complexity index is 335. The molecule has 0 radical (unpaired) electrons. The molecule has 0 amide bonds. The van der Waals surface area contributed by atoms with Gasteiger partial charge in [0.25, 0.3) is 0 Å². The molecule has 0 spiro atoms. The number of aliphatic hydroxyl groups excluding tert-OH is 2. The van der Waals surface area contributed by atoms with Crippen molar-refractivity contribution in [2.75, 3.05) is 13.2 Å². The molecule has 0 saturated heterocycles. The van der Waals surface area contributed by atoms with Gasteiger partial charge in [0.1, 0.15) is 12.7 Å². The number of aliphatic hydroxyl groups is 2. The van der Waals surface area contributed by atoms with Gasteiger partial charge < -0.3 is 14.9 Å². The molecule has 0 aliphatic heterocycles. The molecule has 0 aromatic carbocycles. The van der Waals surface area contributed by atoms with E-state index in [1.807, 2.05) is 6.92 Å². The summed E-state index contributed by atoms with van der Waals surface area (Å²) in [6, 6.07) is 0. The molecule has 1 fully saturated rings. The van der Waals surface area contributed by atoms with Crippen LogP contribution in [0, 0.1) is 17.3 Å². The third-order valence-electron chi connectivity index (χ3n) is 3.95. The van der Waals surface area contributed by atoms with Gasteiger partial charge in [-0.05, 0) is 37.5 Å². The second-order valence-electron chi connectivity index (χ2n) is 6.43. The van der Waals surface area contributed by atoms with Crippen LogP contribution >= 0.6 is 0 Å². The average molecular weight is 270 g/mol. The van der Waals surface area contributed by atoms with E-state index >= 15 is 0 Å². The van der Waals surface area contributed by atoms with Crippen molar-refractivity contribution in [2.45, 2.75) is 46.1 Å². The molecule has 0 bridgehead atoms. The van der Waals surface area contributed by atoms with Crippen molar-refractivity contribution < 1.29 is 19.7 Å². The van der Waals surface area contributed by atoms with Crippen LogP contribution in [0.2, 0.25) is 0 Å². The monoisotopic (exact) mass is 270 g/mol. The Hall–Kier alpha value is -0.870. The fraction of sp³-hybridized carbons (Fsp3) is 0.800. The molecule has 4 nitrogen and oxygen atoms in total. The van der Waals surface area contributed by atoms with Crippen LogP contribution in [0.15, 0.2) is 12.2 Å². The van der Waals surface area contributed by atoms with Crippen LogP contribution in [0.25, 0.3) is 0 Å². The van der Waals surface area contributed by atoms with Crippen LogP contribution < -0.4 is 0 Å². The highest BCUT2D eigenvalue weighted by Gasteiger charge is 2.40. The summed E-state index contributed by atoms with van der Waals surface area (Å²) in [6.45, 7) is 9.70. The van der Waals surface area contributed by atoms with Gasteiger partial charge in [-0.25, -0.2) is 0 Å². The predicted octanol–water partition coefficient (Wildman–Crippen LogP) is 1.90. The number of allylic oxidation sites excluding steroid dienone is 1. The summed E-state index contributed by atoms with van der Waals surface area (Å²) >= 11 is 0. The molecular formula is C15H26O4. The number of esters is 1. The first kappa shape index (κ1) is 16.2. The Morgan fingerprint density at radius 2 is 2.11 bits per heavy atom. The molecule has 0 aromatic heterocycles. The van der Waals surface area contributed by atoms with Crippen LogP contribution in [0.4, 0.5) is 0 Å². The van der Waals surface area contributed by atoms with Crippen LogP contribution in [-0.2, 0) is 9.53 Å². The Kier molecular flexibility index (Phi) is 5.56. The van der Waals surface area contributed by atoms with Gasteiger partial charge in [0.05, 0.1) is 12.5 Å². The minimum Gasteiger partial charge on any atom is -0.463 e. The maximum atomic E-state index is 12.2. The smallest absolute Gasteiger partial charge is 0.309 e. The maximum absolute atomic E-state index is 12.2. The highest BCUT2D eigenvalue weighted by molar-refractivity contribution is 5.73. The van der Waals surface area contributed by atoms with Crippen molar-refractivity contribution in [1.82, 2.24) is 0 Å². The lowest BCUT2D eigenvalue weighted by molar-refractivity contribution is -0.156.